The Hall–Kier alpha value is -3.85. The van der Waals surface area contributed by atoms with Crippen molar-refractivity contribution in [2.24, 2.45) is 5.73 Å². The molecule has 0 amide bonds. The lowest BCUT2D eigenvalue weighted by molar-refractivity contribution is 0.399. The number of allylic oxidation sites excluding steroid dienone is 1. The molecular formula is C26H14Cl2N4O. The van der Waals surface area contributed by atoms with E-state index in [0.29, 0.717) is 32.4 Å². The number of hydrogen-bond acceptors (Lipinski definition) is 5. The van der Waals surface area contributed by atoms with E-state index in [1.165, 1.54) is 0 Å². The third-order valence-electron chi connectivity index (χ3n) is 5.95. The van der Waals surface area contributed by atoms with E-state index in [0.717, 1.165) is 27.3 Å². The maximum absolute atomic E-state index is 10.0. The highest BCUT2D eigenvalue weighted by Gasteiger charge is 2.36. The number of fused-ring (bicyclic) bond motifs is 7. The molecule has 5 aromatic rings. The minimum atomic E-state index is -0.592. The van der Waals surface area contributed by atoms with E-state index >= 15 is 0 Å². The zero-order valence-electron chi connectivity index (χ0n) is 17.0. The molecule has 1 aliphatic rings. The highest BCUT2D eigenvalue weighted by atomic mass is 35.5. The largest absolute Gasteiger partial charge is 0.439 e. The summed E-state index contributed by atoms with van der Waals surface area (Å²) in [7, 11) is 0. The van der Waals surface area contributed by atoms with Gasteiger partial charge in [-0.25, -0.2) is 9.97 Å². The Morgan fingerprint density at radius 1 is 0.879 bits per heavy atom. The summed E-state index contributed by atoms with van der Waals surface area (Å²) in [6.07, 6.45) is 0. The van der Waals surface area contributed by atoms with Gasteiger partial charge in [-0.2, -0.15) is 5.26 Å². The molecule has 0 aliphatic carbocycles. The van der Waals surface area contributed by atoms with E-state index in [1.807, 2.05) is 54.6 Å². The summed E-state index contributed by atoms with van der Waals surface area (Å²) in [4.78, 5) is 9.92. The van der Waals surface area contributed by atoms with Crippen molar-refractivity contribution < 1.29 is 4.74 Å². The first kappa shape index (κ1) is 19.8. The van der Waals surface area contributed by atoms with Crippen LogP contribution in [0.15, 0.2) is 78.2 Å². The number of nitrogens with zero attached hydrogens (tertiary/aromatic N) is 3. The lowest BCUT2D eigenvalue weighted by Gasteiger charge is -2.29. The fourth-order valence-electron chi connectivity index (χ4n) is 4.51. The Labute approximate surface area is 198 Å². The Bertz CT molecular complexity index is 1700. The Kier molecular flexibility index (Phi) is 4.41. The van der Waals surface area contributed by atoms with Gasteiger partial charge < -0.3 is 10.5 Å². The van der Waals surface area contributed by atoms with E-state index in [4.69, 9.17) is 43.6 Å². The van der Waals surface area contributed by atoms with Crippen LogP contribution in [0.1, 0.15) is 17.0 Å². The van der Waals surface area contributed by atoms with Gasteiger partial charge in [0.05, 0.1) is 28.0 Å². The van der Waals surface area contributed by atoms with Gasteiger partial charge in [0.25, 0.3) is 0 Å². The zero-order chi connectivity index (χ0) is 22.7. The molecule has 1 unspecified atom stereocenters. The molecule has 0 saturated carbocycles. The molecule has 7 heteroatoms. The van der Waals surface area contributed by atoms with Gasteiger partial charge in [0.1, 0.15) is 17.4 Å². The van der Waals surface area contributed by atoms with Gasteiger partial charge in [-0.1, -0.05) is 65.7 Å². The molecule has 2 N–H and O–H groups in total. The molecule has 4 aromatic carbocycles. The molecule has 0 saturated heterocycles. The van der Waals surface area contributed by atoms with Crippen molar-refractivity contribution in [3.05, 3.63) is 99.4 Å². The average Bonchev–Trinajstić information content (AvgIpc) is 2.82. The first-order valence-corrected chi connectivity index (χ1v) is 11.0. The normalized spacial score (nSPS) is 15.5. The highest BCUT2D eigenvalue weighted by molar-refractivity contribution is 6.35. The first-order valence-electron chi connectivity index (χ1n) is 10.2. The smallest absolute Gasteiger partial charge is 0.205 e. The van der Waals surface area contributed by atoms with Crippen LogP contribution in [0.25, 0.3) is 32.8 Å². The van der Waals surface area contributed by atoms with Gasteiger partial charge in [-0.15, -0.1) is 0 Å². The Morgan fingerprint density at radius 2 is 1.55 bits per heavy atom. The van der Waals surface area contributed by atoms with Crippen LogP contribution in [-0.4, -0.2) is 9.97 Å². The second kappa shape index (κ2) is 7.35. The molecule has 0 spiro atoms. The summed E-state index contributed by atoms with van der Waals surface area (Å²) in [6.45, 7) is 0. The van der Waals surface area contributed by atoms with Crippen LogP contribution in [-0.2, 0) is 0 Å². The number of rotatable bonds is 1. The van der Waals surface area contributed by atoms with Crippen LogP contribution < -0.4 is 10.5 Å². The van der Waals surface area contributed by atoms with Crippen molar-refractivity contribution >= 4 is 56.0 Å². The number of halogens is 2. The summed E-state index contributed by atoms with van der Waals surface area (Å²) in [5.74, 6) is 0.000510. The van der Waals surface area contributed by atoms with E-state index in [1.54, 1.807) is 12.1 Å². The van der Waals surface area contributed by atoms with Crippen LogP contribution in [0.3, 0.4) is 0 Å². The van der Waals surface area contributed by atoms with Crippen molar-refractivity contribution in [2.75, 3.05) is 0 Å². The summed E-state index contributed by atoms with van der Waals surface area (Å²) in [5, 5.41) is 12.7. The predicted molar refractivity (Wildman–Crippen MR) is 130 cm³/mol. The van der Waals surface area contributed by atoms with E-state index in [-0.39, 0.29) is 11.5 Å². The molecule has 1 atom stereocenters. The van der Waals surface area contributed by atoms with Crippen LogP contribution in [0.4, 0.5) is 0 Å². The third-order valence-corrected chi connectivity index (χ3v) is 6.51. The Balaban J connectivity index is 1.83. The van der Waals surface area contributed by atoms with E-state index in [9.17, 15) is 5.26 Å². The van der Waals surface area contributed by atoms with Crippen LogP contribution >= 0.6 is 23.2 Å². The topological polar surface area (TPSA) is 84.8 Å². The number of benzene rings is 4. The quantitative estimate of drug-likeness (QED) is 0.225. The summed E-state index contributed by atoms with van der Waals surface area (Å²) in [6, 6.07) is 22.9. The molecule has 5 nitrogen and oxygen atoms in total. The van der Waals surface area contributed by atoms with Crippen molar-refractivity contribution in [1.29, 1.82) is 5.26 Å². The fourth-order valence-corrected chi connectivity index (χ4v) is 5.03. The number of hydrogen-bond donors (Lipinski definition) is 1. The number of para-hydroxylation sites is 2. The van der Waals surface area contributed by atoms with Gasteiger partial charge in [0, 0.05) is 26.4 Å². The van der Waals surface area contributed by atoms with Gasteiger partial charge >= 0.3 is 0 Å². The maximum atomic E-state index is 10.0. The molecule has 6 rings (SSSR count). The number of aromatic nitrogens is 2. The molecule has 0 fully saturated rings. The lowest BCUT2D eigenvalue weighted by atomic mass is 9.81. The van der Waals surface area contributed by atoms with Crippen LogP contribution in [0.2, 0.25) is 10.0 Å². The third kappa shape index (κ3) is 2.92. The molecular weight excluding hydrogens is 455 g/mol. The van der Waals surface area contributed by atoms with Crippen LogP contribution in [0, 0.1) is 11.3 Å². The van der Waals surface area contributed by atoms with Crippen molar-refractivity contribution in [2.45, 2.75) is 5.92 Å². The number of ether oxygens (including phenoxy) is 1. The molecule has 0 bridgehead atoms. The van der Waals surface area contributed by atoms with Gasteiger partial charge in [0.15, 0.2) is 0 Å². The number of nitriles is 1. The zero-order valence-corrected chi connectivity index (χ0v) is 18.5. The molecule has 158 valence electrons. The van der Waals surface area contributed by atoms with Gasteiger partial charge in [0.2, 0.25) is 5.88 Å². The Morgan fingerprint density at radius 3 is 2.24 bits per heavy atom. The standard InChI is InChI=1S/C26H14Cl2N4O/c27-13-9-10-16(18(28)11-13)21-17(12-29)26(30)33-25-15-6-2-1-5-14(15)23-24(22(21)25)32-20-8-4-3-7-19(20)31-23/h1-11,21H,30H2. The minimum Gasteiger partial charge on any atom is -0.439 e. The molecule has 0 radical (unpaired) electrons. The second-order valence-corrected chi connectivity index (χ2v) is 8.63. The van der Waals surface area contributed by atoms with E-state index < -0.39 is 5.92 Å². The second-order valence-electron chi connectivity index (χ2n) is 7.79. The van der Waals surface area contributed by atoms with Gasteiger partial charge in [-0.05, 0) is 29.8 Å². The molecule has 33 heavy (non-hydrogen) atoms. The summed E-state index contributed by atoms with van der Waals surface area (Å²) < 4.78 is 6.08. The maximum Gasteiger partial charge on any atom is 0.205 e. The first-order chi connectivity index (χ1) is 16.1. The number of nitrogens with two attached hydrogens (primary N) is 1. The SMILES string of the molecule is N#CC1=C(N)Oc2c(c3nc4ccccc4nc3c3ccccc23)C1c1ccc(Cl)cc1Cl. The predicted octanol–water partition coefficient (Wildman–Crippen LogP) is 6.46. The molecule has 1 aromatic heterocycles. The summed E-state index contributed by atoms with van der Waals surface area (Å²) >= 11 is 12.8. The van der Waals surface area contributed by atoms with E-state index in [2.05, 4.69) is 6.07 Å². The van der Waals surface area contributed by atoms with Crippen LogP contribution in [0.5, 0.6) is 5.75 Å². The molecule has 1 aliphatic heterocycles. The lowest BCUT2D eigenvalue weighted by Crippen LogP contribution is -2.22. The summed E-state index contributed by atoms with van der Waals surface area (Å²) in [5.41, 5.74) is 10.8. The monoisotopic (exact) mass is 468 g/mol. The van der Waals surface area contributed by atoms with Gasteiger partial charge in [-0.3, -0.25) is 0 Å². The average molecular weight is 469 g/mol. The highest BCUT2D eigenvalue weighted by Crippen LogP contribution is 2.50. The molecule has 2 heterocycles. The minimum absolute atomic E-state index is 0.0410. The fraction of sp³-hybridized carbons (Fsp3) is 0.0385. The van der Waals surface area contributed by atoms with Crippen molar-refractivity contribution in [1.82, 2.24) is 9.97 Å². The van der Waals surface area contributed by atoms with Crippen molar-refractivity contribution in [3.8, 4) is 11.8 Å². The van der Waals surface area contributed by atoms with Crippen molar-refractivity contribution in [3.63, 3.8) is 0 Å².